The number of hydrogen-bond donors (Lipinski definition) is 1. The number of anilines is 1. The van der Waals surface area contributed by atoms with Crippen molar-refractivity contribution in [2.24, 2.45) is 0 Å². The van der Waals surface area contributed by atoms with Crippen molar-refractivity contribution in [1.82, 2.24) is 9.29 Å². The Bertz CT molecular complexity index is 1210. The normalized spacial score (nSPS) is 14.8. The second-order valence-electron chi connectivity index (χ2n) is 7.21. The molecule has 1 N–H and O–H groups in total. The SMILES string of the molecule is O=C(CSCc1coc(-c2ccccc2)n1)Nc1ccc(F)c(S(=O)(=O)N2CCOCC2)c1. The van der Waals surface area contributed by atoms with Crippen molar-refractivity contribution in [2.45, 2.75) is 10.6 Å². The molecular weight excluding hydrogens is 469 g/mol. The summed E-state index contributed by atoms with van der Waals surface area (Å²) in [5.41, 5.74) is 1.78. The number of ether oxygens (including phenoxy) is 1. The molecule has 1 aliphatic heterocycles. The Morgan fingerprint density at radius 3 is 2.67 bits per heavy atom. The van der Waals surface area contributed by atoms with Crippen molar-refractivity contribution in [3.63, 3.8) is 0 Å². The highest BCUT2D eigenvalue weighted by molar-refractivity contribution is 7.99. The quantitative estimate of drug-likeness (QED) is 0.515. The van der Waals surface area contributed by atoms with E-state index in [1.165, 1.54) is 22.1 Å². The molecule has 0 spiro atoms. The summed E-state index contributed by atoms with van der Waals surface area (Å²) in [6.07, 6.45) is 1.55. The van der Waals surface area contributed by atoms with E-state index in [0.29, 0.717) is 17.3 Å². The standard InChI is InChI=1S/C22H22FN3O5S2/c23-19-7-6-17(12-20(19)33(28,29)26-8-10-30-11-9-26)24-21(27)15-32-14-18-13-31-22(25-18)16-4-2-1-3-5-16/h1-7,12-13H,8-11,14-15H2,(H,24,27). The summed E-state index contributed by atoms with van der Waals surface area (Å²) < 4.78 is 51.7. The van der Waals surface area contributed by atoms with Crippen molar-refractivity contribution in [3.05, 3.63) is 66.3 Å². The van der Waals surface area contributed by atoms with Crippen LogP contribution in [0.3, 0.4) is 0 Å². The zero-order valence-corrected chi connectivity index (χ0v) is 19.2. The van der Waals surface area contributed by atoms with Crippen LogP contribution >= 0.6 is 11.8 Å². The Labute approximate surface area is 195 Å². The molecule has 0 atom stereocenters. The lowest BCUT2D eigenvalue weighted by atomic mass is 10.2. The number of nitrogens with one attached hydrogen (secondary N) is 1. The summed E-state index contributed by atoms with van der Waals surface area (Å²) in [6.45, 7) is 0.825. The second-order valence-corrected chi connectivity index (χ2v) is 10.1. The summed E-state index contributed by atoms with van der Waals surface area (Å²) in [7, 11) is -4.02. The summed E-state index contributed by atoms with van der Waals surface area (Å²) in [5, 5.41) is 2.62. The minimum atomic E-state index is -4.02. The molecule has 0 radical (unpaired) electrons. The zero-order valence-electron chi connectivity index (χ0n) is 17.6. The third kappa shape index (κ3) is 5.80. The first-order valence-corrected chi connectivity index (χ1v) is 12.8. The Kier molecular flexibility index (Phi) is 7.43. The number of carbonyl (C=O) groups is 1. The van der Waals surface area contributed by atoms with E-state index in [1.54, 1.807) is 6.26 Å². The number of sulfonamides is 1. The highest BCUT2D eigenvalue weighted by Gasteiger charge is 2.29. The highest BCUT2D eigenvalue weighted by Crippen LogP contribution is 2.24. The lowest BCUT2D eigenvalue weighted by Crippen LogP contribution is -2.40. The molecule has 11 heteroatoms. The summed E-state index contributed by atoms with van der Waals surface area (Å²) in [6, 6.07) is 13.0. The van der Waals surface area contributed by atoms with Crippen molar-refractivity contribution >= 4 is 33.4 Å². The van der Waals surface area contributed by atoms with E-state index in [1.807, 2.05) is 30.3 Å². The molecule has 0 bridgehead atoms. The number of benzene rings is 2. The van der Waals surface area contributed by atoms with Gasteiger partial charge in [0.15, 0.2) is 0 Å². The summed E-state index contributed by atoms with van der Waals surface area (Å²) in [4.78, 5) is 16.3. The number of carbonyl (C=O) groups excluding carboxylic acids is 1. The molecule has 8 nitrogen and oxygen atoms in total. The van der Waals surface area contributed by atoms with Crippen LogP contribution in [0, 0.1) is 5.82 Å². The molecule has 1 amide bonds. The zero-order chi connectivity index (χ0) is 23.3. The average molecular weight is 492 g/mol. The molecule has 0 aliphatic carbocycles. The third-order valence-electron chi connectivity index (χ3n) is 4.86. The van der Waals surface area contributed by atoms with Crippen LogP contribution in [0.1, 0.15) is 5.69 Å². The van der Waals surface area contributed by atoms with Gasteiger partial charge in [0.1, 0.15) is 17.0 Å². The predicted octanol–water partition coefficient (Wildman–Crippen LogP) is 3.37. The molecule has 33 heavy (non-hydrogen) atoms. The van der Waals surface area contributed by atoms with E-state index in [4.69, 9.17) is 9.15 Å². The molecule has 3 aromatic rings. The monoisotopic (exact) mass is 491 g/mol. The maximum Gasteiger partial charge on any atom is 0.246 e. The molecule has 1 aromatic heterocycles. The number of morpholine rings is 1. The maximum atomic E-state index is 14.3. The number of hydrogen-bond acceptors (Lipinski definition) is 7. The van der Waals surface area contributed by atoms with Crippen molar-refractivity contribution < 1.29 is 26.8 Å². The van der Waals surface area contributed by atoms with Gasteiger partial charge in [-0.2, -0.15) is 4.31 Å². The van der Waals surface area contributed by atoms with Crippen molar-refractivity contribution in [3.8, 4) is 11.5 Å². The Morgan fingerprint density at radius 2 is 1.91 bits per heavy atom. The van der Waals surface area contributed by atoms with Gasteiger partial charge in [-0.3, -0.25) is 4.79 Å². The van der Waals surface area contributed by atoms with Gasteiger partial charge >= 0.3 is 0 Å². The van der Waals surface area contributed by atoms with Crippen LogP contribution in [0.2, 0.25) is 0 Å². The van der Waals surface area contributed by atoms with Crippen molar-refractivity contribution in [2.75, 3.05) is 37.4 Å². The van der Waals surface area contributed by atoms with E-state index in [-0.39, 0.29) is 43.7 Å². The van der Waals surface area contributed by atoms with Crippen molar-refractivity contribution in [1.29, 1.82) is 0 Å². The van der Waals surface area contributed by atoms with E-state index in [0.717, 1.165) is 17.7 Å². The van der Waals surface area contributed by atoms with Gasteiger partial charge in [0.2, 0.25) is 21.8 Å². The van der Waals surface area contributed by atoms with Gasteiger partial charge < -0.3 is 14.5 Å². The second kappa shape index (κ2) is 10.5. The number of nitrogens with zero attached hydrogens (tertiary/aromatic N) is 2. The first kappa shape index (κ1) is 23.4. The molecule has 174 valence electrons. The largest absolute Gasteiger partial charge is 0.444 e. The molecule has 4 rings (SSSR count). The van der Waals surface area contributed by atoms with Gasteiger partial charge in [-0.1, -0.05) is 18.2 Å². The summed E-state index contributed by atoms with van der Waals surface area (Å²) >= 11 is 1.33. The lowest BCUT2D eigenvalue weighted by Gasteiger charge is -2.26. The third-order valence-corrected chi connectivity index (χ3v) is 7.74. The molecular formula is C22H22FN3O5S2. The molecule has 2 aromatic carbocycles. The Morgan fingerprint density at radius 1 is 1.15 bits per heavy atom. The first-order valence-electron chi connectivity index (χ1n) is 10.2. The smallest absolute Gasteiger partial charge is 0.246 e. The van der Waals surface area contributed by atoms with Crippen LogP contribution < -0.4 is 5.32 Å². The number of thioether (sulfide) groups is 1. The number of rotatable bonds is 8. The van der Waals surface area contributed by atoms with Crippen LogP contribution in [0.4, 0.5) is 10.1 Å². The van der Waals surface area contributed by atoms with Gasteiger partial charge in [0.25, 0.3) is 0 Å². The molecule has 2 heterocycles. The van der Waals surface area contributed by atoms with E-state index >= 15 is 0 Å². The Balaban J connectivity index is 1.33. The fourth-order valence-electron chi connectivity index (χ4n) is 3.24. The maximum absolute atomic E-state index is 14.3. The first-order chi connectivity index (χ1) is 15.9. The van der Waals surface area contributed by atoms with Crippen LogP contribution in [-0.2, 0) is 25.3 Å². The van der Waals surface area contributed by atoms with Gasteiger partial charge in [0.05, 0.1) is 24.7 Å². The minimum Gasteiger partial charge on any atom is -0.444 e. The molecule has 1 fully saturated rings. The van der Waals surface area contributed by atoms with E-state index < -0.39 is 20.7 Å². The van der Waals surface area contributed by atoms with Gasteiger partial charge in [-0.05, 0) is 30.3 Å². The predicted molar refractivity (Wildman–Crippen MR) is 123 cm³/mol. The van der Waals surface area contributed by atoms with Gasteiger partial charge in [-0.15, -0.1) is 11.8 Å². The van der Waals surface area contributed by atoms with Crippen LogP contribution in [-0.4, -0.2) is 55.7 Å². The number of oxazole rings is 1. The van der Waals surface area contributed by atoms with E-state index in [2.05, 4.69) is 10.3 Å². The fourth-order valence-corrected chi connectivity index (χ4v) is 5.44. The molecule has 1 aliphatic rings. The number of amides is 1. The highest BCUT2D eigenvalue weighted by atomic mass is 32.2. The van der Waals surface area contributed by atoms with Gasteiger partial charge in [-0.25, -0.2) is 17.8 Å². The molecule has 1 saturated heterocycles. The number of halogens is 1. The summed E-state index contributed by atoms with van der Waals surface area (Å²) in [5.74, 6) is -0.126. The Hall–Kier alpha value is -2.73. The molecule has 0 saturated carbocycles. The number of aromatic nitrogens is 1. The van der Waals surface area contributed by atoms with E-state index in [9.17, 15) is 17.6 Å². The lowest BCUT2D eigenvalue weighted by molar-refractivity contribution is -0.113. The fraction of sp³-hybridized carbons (Fsp3) is 0.273. The van der Waals surface area contributed by atoms with Gasteiger partial charge in [0, 0.05) is 30.1 Å². The minimum absolute atomic E-state index is 0.108. The van der Waals surface area contributed by atoms with Crippen LogP contribution in [0.25, 0.3) is 11.5 Å². The molecule has 0 unspecified atom stereocenters. The topological polar surface area (TPSA) is 102 Å². The average Bonchev–Trinajstić information content (AvgIpc) is 3.30. The van der Waals surface area contributed by atoms with Crippen LogP contribution in [0.5, 0.6) is 0 Å². The van der Waals surface area contributed by atoms with Crippen LogP contribution in [0.15, 0.2) is 64.1 Å².